The molecule has 154 valence electrons. The fraction of sp³-hybridized carbons (Fsp3) is 0.0400. The smallest absolute Gasteiger partial charge is 0.259 e. The highest BCUT2D eigenvalue weighted by molar-refractivity contribution is 9.10. The minimum Gasteiger partial charge on any atom is -0.322 e. The van der Waals surface area contributed by atoms with Crippen LogP contribution in [0.15, 0.2) is 94.8 Å². The van der Waals surface area contributed by atoms with Crippen molar-refractivity contribution in [3.05, 3.63) is 106 Å². The summed E-state index contributed by atoms with van der Waals surface area (Å²) in [6.07, 6.45) is 0.243. The van der Waals surface area contributed by atoms with Crippen LogP contribution in [0, 0.1) is 0 Å². The number of carbonyl (C=O) groups is 2. The molecule has 31 heavy (non-hydrogen) atoms. The predicted octanol–water partition coefficient (Wildman–Crippen LogP) is 6.61. The topological polar surface area (TPSA) is 58.2 Å². The Morgan fingerprint density at radius 3 is 2.13 bits per heavy atom. The van der Waals surface area contributed by atoms with Crippen LogP contribution in [0.25, 0.3) is 11.1 Å². The number of benzene rings is 3. The molecule has 0 atom stereocenters. The van der Waals surface area contributed by atoms with Crippen LogP contribution in [0.2, 0.25) is 0 Å². The summed E-state index contributed by atoms with van der Waals surface area (Å²) >= 11 is 4.75. The molecule has 0 aliphatic carbocycles. The van der Waals surface area contributed by atoms with Gasteiger partial charge >= 0.3 is 0 Å². The second-order valence-corrected chi connectivity index (χ2v) is 8.69. The number of thiophene rings is 1. The fourth-order valence-electron chi connectivity index (χ4n) is 3.18. The minimum absolute atomic E-state index is 0.162. The lowest BCUT2D eigenvalue weighted by Gasteiger charge is -2.11. The summed E-state index contributed by atoms with van der Waals surface area (Å²) in [6.45, 7) is 0. The van der Waals surface area contributed by atoms with E-state index in [2.05, 4.69) is 26.6 Å². The summed E-state index contributed by atoms with van der Waals surface area (Å²) in [4.78, 5) is 25.9. The van der Waals surface area contributed by atoms with E-state index < -0.39 is 0 Å². The van der Waals surface area contributed by atoms with Gasteiger partial charge in [-0.15, -0.1) is 11.3 Å². The molecule has 0 spiro atoms. The van der Waals surface area contributed by atoms with Crippen molar-refractivity contribution in [2.24, 2.45) is 0 Å². The molecular weight excluding hydrogens is 472 g/mol. The van der Waals surface area contributed by atoms with Crippen molar-refractivity contribution >= 4 is 49.8 Å². The van der Waals surface area contributed by atoms with E-state index in [4.69, 9.17) is 0 Å². The van der Waals surface area contributed by atoms with Gasteiger partial charge < -0.3 is 10.6 Å². The third-order valence-corrected chi connectivity index (χ3v) is 6.09. The summed E-state index contributed by atoms with van der Waals surface area (Å²) in [5, 5.41) is 8.32. The van der Waals surface area contributed by atoms with E-state index >= 15 is 0 Å². The Labute approximate surface area is 193 Å². The first-order valence-corrected chi connectivity index (χ1v) is 11.3. The Bertz CT molecular complexity index is 1190. The van der Waals surface area contributed by atoms with Crippen molar-refractivity contribution in [1.29, 1.82) is 0 Å². The molecule has 0 aliphatic rings. The molecule has 0 fully saturated rings. The van der Waals surface area contributed by atoms with Crippen LogP contribution in [0.3, 0.4) is 0 Å². The average molecular weight is 491 g/mol. The molecule has 2 amide bonds. The molecule has 6 heteroatoms. The Morgan fingerprint density at radius 1 is 0.806 bits per heavy atom. The van der Waals surface area contributed by atoms with Crippen LogP contribution in [-0.4, -0.2) is 11.8 Å². The summed E-state index contributed by atoms with van der Waals surface area (Å²) in [5.74, 6) is -0.428. The zero-order valence-corrected chi connectivity index (χ0v) is 18.9. The van der Waals surface area contributed by atoms with Crippen molar-refractivity contribution in [3.8, 4) is 11.1 Å². The largest absolute Gasteiger partial charge is 0.322 e. The van der Waals surface area contributed by atoms with Gasteiger partial charge in [-0.1, -0.05) is 76.6 Å². The van der Waals surface area contributed by atoms with E-state index in [9.17, 15) is 9.59 Å². The molecule has 4 nitrogen and oxygen atoms in total. The molecule has 0 aliphatic heterocycles. The van der Waals surface area contributed by atoms with Gasteiger partial charge in [0.15, 0.2) is 0 Å². The number of halogens is 1. The van der Waals surface area contributed by atoms with Crippen LogP contribution in [0.4, 0.5) is 10.7 Å². The lowest BCUT2D eigenvalue weighted by molar-refractivity contribution is -0.115. The van der Waals surface area contributed by atoms with Gasteiger partial charge in [-0.2, -0.15) is 0 Å². The molecule has 4 aromatic rings. The van der Waals surface area contributed by atoms with Gasteiger partial charge in [0.05, 0.1) is 12.0 Å². The van der Waals surface area contributed by atoms with Crippen LogP contribution in [0.1, 0.15) is 15.9 Å². The Balaban J connectivity index is 1.63. The second-order valence-electron chi connectivity index (χ2n) is 6.89. The molecular formula is C25H19BrN2O2S. The molecule has 0 bridgehead atoms. The van der Waals surface area contributed by atoms with Crippen molar-refractivity contribution in [2.75, 3.05) is 10.6 Å². The SMILES string of the molecule is O=C(Cc1ccccc1)Nc1scc(-c2ccccc2)c1C(=O)Nc1ccc(Br)cc1. The Hall–Kier alpha value is -3.22. The number of rotatable bonds is 6. The molecule has 2 N–H and O–H groups in total. The van der Waals surface area contributed by atoms with Crippen molar-refractivity contribution in [1.82, 2.24) is 0 Å². The summed E-state index contributed by atoms with van der Waals surface area (Å²) in [7, 11) is 0. The predicted molar refractivity (Wildman–Crippen MR) is 131 cm³/mol. The quantitative estimate of drug-likeness (QED) is 0.319. The molecule has 0 saturated heterocycles. The van der Waals surface area contributed by atoms with Crippen molar-refractivity contribution in [3.63, 3.8) is 0 Å². The van der Waals surface area contributed by atoms with Crippen molar-refractivity contribution < 1.29 is 9.59 Å². The van der Waals surface area contributed by atoms with Gasteiger partial charge in [-0.3, -0.25) is 9.59 Å². The third-order valence-electron chi connectivity index (χ3n) is 4.67. The maximum atomic E-state index is 13.2. The molecule has 0 saturated carbocycles. The fourth-order valence-corrected chi connectivity index (χ4v) is 4.43. The Kier molecular flexibility index (Phi) is 6.60. The third kappa shape index (κ3) is 5.29. The van der Waals surface area contributed by atoms with E-state index in [1.54, 1.807) is 0 Å². The lowest BCUT2D eigenvalue weighted by atomic mass is 10.0. The first-order valence-electron chi connectivity index (χ1n) is 9.68. The maximum absolute atomic E-state index is 13.2. The monoisotopic (exact) mass is 490 g/mol. The minimum atomic E-state index is -0.266. The molecule has 1 aromatic heterocycles. The van der Waals surface area contributed by atoms with Gasteiger partial charge in [0, 0.05) is 21.1 Å². The van der Waals surface area contributed by atoms with Crippen LogP contribution in [0.5, 0.6) is 0 Å². The Morgan fingerprint density at radius 2 is 1.45 bits per heavy atom. The molecule has 1 heterocycles. The zero-order chi connectivity index (χ0) is 21.6. The standard InChI is InChI=1S/C25H19BrN2O2S/c26-19-11-13-20(14-12-19)27-24(30)23-21(18-9-5-2-6-10-18)16-31-25(23)28-22(29)15-17-7-3-1-4-8-17/h1-14,16H,15H2,(H,27,30)(H,28,29). The van der Waals surface area contributed by atoms with E-state index in [0.29, 0.717) is 16.3 Å². The van der Waals surface area contributed by atoms with Gasteiger partial charge in [-0.25, -0.2) is 0 Å². The number of amides is 2. The highest BCUT2D eigenvalue weighted by atomic mass is 79.9. The van der Waals surface area contributed by atoms with Crippen LogP contribution in [-0.2, 0) is 11.2 Å². The van der Waals surface area contributed by atoms with E-state index in [1.165, 1.54) is 11.3 Å². The highest BCUT2D eigenvalue weighted by Crippen LogP contribution is 2.36. The summed E-state index contributed by atoms with van der Waals surface area (Å²) < 4.78 is 0.930. The van der Waals surface area contributed by atoms with Gasteiger partial charge in [0.1, 0.15) is 5.00 Å². The van der Waals surface area contributed by atoms with Crippen molar-refractivity contribution in [2.45, 2.75) is 6.42 Å². The lowest BCUT2D eigenvalue weighted by Crippen LogP contribution is -2.18. The number of carbonyl (C=O) groups excluding carboxylic acids is 2. The van der Waals surface area contributed by atoms with Crippen LogP contribution < -0.4 is 10.6 Å². The molecule has 0 unspecified atom stereocenters. The van der Waals surface area contributed by atoms with Gasteiger partial charge in [-0.05, 0) is 35.4 Å². The number of anilines is 2. The first-order chi connectivity index (χ1) is 15.1. The normalized spacial score (nSPS) is 10.5. The first kappa shape index (κ1) is 21.0. The summed E-state index contributed by atoms with van der Waals surface area (Å²) in [5.41, 5.74) is 3.76. The maximum Gasteiger partial charge on any atom is 0.259 e. The van der Waals surface area contributed by atoms with Gasteiger partial charge in [0.25, 0.3) is 5.91 Å². The van der Waals surface area contributed by atoms with Crippen LogP contribution >= 0.6 is 27.3 Å². The number of hydrogen-bond acceptors (Lipinski definition) is 3. The second kappa shape index (κ2) is 9.73. The molecule has 0 radical (unpaired) electrons. The highest BCUT2D eigenvalue weighted by Gasteiger charge is 2.22. The van der Waals surface area contributed by atoms with E-state index in [-0.39, 0.29) is 18.2 Å². The zero-order valence-electron chi connectivity index (χ0n) is 16.5. The average Bonchev–Trinajstić information content (AvgIpc) is 3.20. The van der Waals surface area contributed by atoms with E-state index in [0.717, 1.165) is 21.2 Å². The molecule has 4 rings (SSSR count). The van der Waals surface area contributed by atoms with E-state index in [1.807, 2.05) is 90.3 Å². The number of hydrogen-bond donors (Lipinski definition) is 2. The number of nitrogens with one attached hydrogen (secondary N) is 2. The molecule has 3 aromatic carbocycles. The summed E-state index contributed by atoms with van der Waals surface area (Å²) in [6, 6.07) is 26.6. The van der Waals surface area contributed by atoms with Gasteiger partial charge in [0.2, 0.25) is 5.91 Å².